The minimum absolute atomic E-state index is 0.545. The number of nitrogens with one attached hydrogen (secondary N) is 2. The van der Waals surface area contributed by atoms with Crippen molar-refractivity contribution in [1.29, 1.82) is 5.26 Å². The van der Waals surface area contributed by atoms with Gasteiger partial charge >= 0.3 is 0 Å². The second-order valence-corrected chi connectivity index (χ2v) is 6.30. The van der Waals surface area contributed by atoms with Crippen LogP contribution in [0.5, 0.6) is 5.75 Å². The molecule has 2 aromatic heterocycles. The molecule has 7 heteroatoms. The summed E-state index contributed by atoms with van der Waals surface area (Å²) in [5.74, 6) is 2.03. The standard InChI is InChI=1S/C22H18N6O/c1-29-18-8-4-16(5-9-18)13-25-22-26-14-19-20(28-22)10-11-24-21(19)27-17-6-2-15(12-23)3-7-17/h2-11,14H,13H2,1H3,(H,24,27)(H,25,26,28). The van der Waals surface area contributed by atoms with Crippen molar-refractivity contribution in [2.45, 2.75) is 6.54 Å². The van der Waals surface area contributed by atoms with E-state index >= 15 is 0 Å². The molecule has 4 aromatic rings. The molecule has 7 nitrogen and oxygen atoms in total. The van der Waals surface area contributed by atoms with Gasteiger partial charge in [-0.2, -0.15) is 5.26 Å². The second kappa shape index (κ2) is 8.23. The Kier molecular flexibility index (Phi) is 5.16. The molecule has 2 heterocycles. The average molecular weight is 382 g/mol. The lowest BCUT2D eigenvalue weighted by atomic mass is 10.2. The maximum absolute atomic E-state index is 8.91. The van der Waals surface area contributed by atoms with Crippen LogP contribution < -0.4 is 15.4 Å². The lowest BCUT2D eigenvalue weighted by Gasteiger charge is -2.10. The summed E-state index contributed by atoms with van der Waals surface area (Å²) in [5.41, 5.74) is 3.33. The third kappa shape index (κ3) is 4.22. The highest BCUT2D eigenvalue weighted by Crippen LogP contribution is 2.23. The lowest BCUT2D eigenvalue weighted by Crippen LogP contribution is -2.04. The molecule has 0 radical (unpaired) electrons. The van der Waals surface area contributed by atoms with Crippen molar-refractivity contribution in [3.05, 3.63) is 78.1 Å². The molecule has 4 rings (SSSR count). The van der Waals surface area contributed by atoms with E-state index in [1.165, 1.54) is 0 Å². The largest absolute Gasteiger partial charge is 0.497 e. The summed E-state index contributed by atoms with van der Waals surface area (Å²) in [4.78, 5) is 13.4. The minimum Gasteiger partial charge on any atom is -0.497 e. The Balaban J connectivity index is 1.51. The Morgan fingerprint density at radius 1 is 1.00 bits per heavy atom. The first-order chi connectivity index (χ1) is 14.2. The van der Waals surface area contributed by atoms with Crippen LogP contribution in [-0.4, -0.2) is 22.1 Å². The Bertz CT molecular complexity index is 1170. The van der Waals surface area contributed by atoms with E-state index in [1.807, 2.05) is 42.5 Å². The van der Waals surface area contributed by atoms with Crippen molar-refractivity contribution in [2.24, 2.45) is 0 Å². The summed E-state index contributed by atoms with van der Waals surface area (Å²) >= 11 is 0. The van der Waals surface area contributed by atoms with Crippen LogP contribution in [0.4, 0.5) is 17.5 Å². The predicted molar refractivity (Wildman–Crippen MR) is 112 cm³/mol. The van der Waals surface area contributed by atoms with E-state index in [0.29, 0.717) is 23.9 Å². The van der Waals surface area contributed by atoms with Gasteiger partial charge in [-0.15, -0.1) is 0 Å². The van der Waals surface area contributed by atoms with Crippen LogP contribution in [0.2, 0.25) is 0 Å². The van der Waals surface area contributed by atoms with Gasteiger partial charge in [0.05, 0.1) is 29.6 Å². The van der Waals surface area contributed by atoms with Gasteiger partial charge in [0.15, 0.2) is 0 Å². The second-order valence-electron chi connectivity index (χ2n) is 6.30. The molecule has 0 saturated heterocycles. The van der Waals surface area contributed by atoms with Crippen molar-refractivity contribution < 1.29 is 4.74 Å². The smallest absolute Gasteiger partial charge is 0.223 e. The first-order valence-corrected chi connectivity index (χ1v) is 9.01. The van der Waals surface area contributed by atoms with E-state index < -0.39 is 0 Å². The Hall–Kier alpha value is -4.18. The maximum atomic E-state index is 8.91. The zero-order valence-corrected chi connectivity index (χ0v) is 15.8. The number of pyridine rings is 1. The number of nitrogens with zero attached hydrogens (tertiary/aromatic N) is 4. The van der Waals surface area contributed by atoms with Gasteiger partial charge in [0, 0.05) is 24.6 Å². The van der Waals surface area contributed by atoms with Crippen molar-refractivity contribution in [1.82, 2.24) is 15.0 Å². The van der Waals surface area contributed by atoms with E-state index in [0.717, 1.165) is 27.9 Å². The molecule has 29 heavy (non-hydrogen) atoms. The predicted octanol–water partition coefficient (Wildman–Crippen LogP) is 4.26. The first kappa shape index (κ1) is 18.2. The van der Waals surface area contributed by atoms with Gasteiger partial charge in [0.25, 0.3) is 0 Å². The van der Waals surface area contributed by atoms with Gasteiger partial charge in [0.1, 0.15) is 11.6 Å². The number of fused-ring (bicyclic) bond motifs is 1. The number of methoxy groups -OCH3 is 1. The van der Waals surface area contributed by atoms with Gasteiger partial charge in [0.2, 0.25) is 5.95 Å². The number of nitriles is 1. The molecule has 0 aliphatic heterocycles. The van der Waals surface area contributed by atoms with Crippen molar-refractivity contribution in [3.8, 4) is 11.8 Å². The molecule has 0 fully saturated rings. The molecule has 0 unspecified atom stereocenters. The third-order valence-corrected chi connectivity index (χ3v) is 4.40. The summed E-state index contributed by atoms with van der Waals surface area (Å²) < 4.78 is 5.17. The summed E-state index contributed by atoms with van der Waals surface area (Å²) in [5, 5.41) is 16.2. The Labute approximate surface area is 168 Å². The van der Waals surface area contributed by atoms with Crippen LogP contribution in [0.15, 0.2) is 67.0 Å². The number of hydrogen-bond donors (Lipinski definition) is 2. The number of ether oxygens (including phenoxy) is 1. The fourth-order valence-corrected chi connectivity index (χ4v) is 2.83. The van der Waals surface area contributed by atoms with Crippen LogP contribution in [0.1, 0.15) is 11.1 Å². The first-order valence-electron chi connectivity index (χ1n) is 9.01. The molecular weight excluding hydrogens is 364 g/mol. The van der Waals surface area contributed by atoms with Gasteiger partial charge in [-0.3, -0.25) is 0 Å². The Morgan fingerprint density at radius 3 is 2.52 bits per heavy atom. The highest BCUT2D eigenvalue weighted by molar-refractivity contribution is 5.90. The number of benzene rings is 2. The fourth-order valence-electron chi connectivity index (χ4n) is 2.83. The average Bonchev–Trinajstić information content (AvgIpc) is 2.78. The van der Waals surface area contributed by atoms with E-state index in [9.17, 15) is 0 Å². The molecular formula is C22H18N6O. The van der Waals surface area contributed by atoms with E-state index in [4.69, 9.17) is 10.00 Å². The van der Waals surface area contributed by atoms with Crippen LogP contribution in [0, 0.1) is 11.3 Å². The quantitative estimate of drug-likeness (QED) is 0.514. The number of aromatic nitrogens is 3. The van der Waals surface area contributed by atoms with Crippen LogP contribution in [0.25, 0.3) is 10.9 Å². The number of rotatable bonds is 6. The van der Waals surface area contributed by atoms with Crippen molar-refractivity contribution >= 4 is 28.4 Å². The van der Waals surface area contributed by atoms with E-state index in [-0.39, 0.29) is 0 Å². The molecule has 0 atom stereocenters. The zero-order chi connectivity index (χ0) is 20.1. The van der Waals surface area contributed by atoms with Crippen LogP contribution >= 0.6 is 0 Å². The highest BCUT2D eigenvalue weighted by atomic mass is 16.5. The molecule has 2 N–H and O–H groups in total. The van der Waals surface area contributed by atoms with Gasteiger partial charge < -0.3 is 15.4 Å². The molecule has 0 saturated carbocycles. The minimum atomic E-state index is 0.545. The van der Waals surface area contributed by atoms with Crippen molar-refractivity contribution in [2.75, 3.05) is 17.7 Å². The fraction of sp³-hybridized carbons (Fsp3) is 0.0909. The summed E-state index contributed by atoms with van der Waals surface area (Å²) in [6.45, 7) is 0.608. The van der Waals surface area contributed by atoms with Gasteiger partial charge in [-0.25, -0.2) is 15.0 Å². The molecule has 0 bridgehead atoms. The molecule has 0 aliphatic carbocycles. The molecule has 0 spiro atoms. The number of anilines is 3. The van der Waals surface area contributed by atoms with Crippen molar-refractivity contribution in [3.63, 3.8) is 0 Å². The zero-order valence-electron chi connectivity index (χ0n) is 15.8. The maximum Gasteiger partial charge on any atom is 0.223 e. The number of hydrogen-bond acceptors (Lipinski definition) is 7. The summed E-state index contributed by atoms with van der Waals surface area (Å²) in [6.07, 6.45) is 3.45. The van der Waals surface area contributed by atoms with E-state index in [2.05, 4.69) is 31.7 Å². The van der Waals surface area contributed by atoms with Crippen LogP contribution in [-0.2, 0) is 6.54 Å². The van der Waals surface area contributed by atoms with Crippen LogP contribution in [0.3, 0.4) is 0 Å². The summed E-state index contributed by atoms with van der Waals surface area (Å²) in [7, 11) is 1.65. The highest BCUT2D eigenvalue weighted by Gasteiger charge is 2.07. The SMILES string of the molecule is COc1ccc(CNc2ncc3c(Nc4ccc(C#N)cc4)nccc3n2)cc1. The summed E-state index contributed by atoms with van der Waals surface area (Å²) in [6, 6.07) is 19.0. The Morgan fingerprint density at radius 2 is 1.79 bits per heavy atom. The van der Waals surface area contributed by atoms with Gasteiger partial charge in [-0.05, 0) is 48.0 Å². The molecule has 2 aromatic carbocycles. The monoisotopic (exact) mass is 382 g/mol. The van der Waals surface area contributed by atoms with Gasteiger partial charge in [-0.1, -0.05) is 12.1 Å². The molecule has 142 valence electrons. The third-order valence-electron chi connectivity index (χ3n) is 4.40. The normalized spacial score (nSPS) is 10.3. The molecule has 0 amide bonds. The van der Waals surface area contributed by atoms with E-state index in [1.54, 1.807) is 31.6 Å². The molecule has 0 aliphatic rings. The topological polar surface area (TPSA) is 95.8 Å². The lowest BCUT2D eigenvalue weighted by molar-refractivity contribution is 0.414.